The van der Waals surface area contributed by atoms with Crippen molar-refractivity contribution in [1.82, 2.24) is 0 Å². The van der Waals surface area contributed by atoms with Crippen LogP contribution in [-0.2, 0) is 0 Å². The van der Waals surface area contributed by atoms with E-state index in [1.165, 1.54) is 0 Å². The van der Waals surface area contributed by atoms with Crippen LogP contribution in [0.2, 0.25) is 0 Å². The molecule has 3 rings (SSSR count). The van der Waals surface area contributed by atoms with Gasteiger partial charge in [-0.05, 0) is 0 Å². The Morgan fingerprint density at radius 2 is 0.808 bits per heavy atom. The Balaban J connectivity index is 1.97. The zero-order chi connectivity index (χ0) is 18.6. The Morgan fingerprint density at radius 1 is 0.538 bits per heavy atom. The van der Waals surface area contributed by atoms with Crippen molar-refractivity contribution in [2.75, 3.05) is 0 Å². The van der Waals surface area contributed by atoms with E-state index in [4.69, 9.17) is 13.6 Å². The van der Waals surface area contributed by atoms with Gasteiger partial charge in [0.2, 0.25) is 0 Å². The van der Waals surface area contributed by atoms with Gasteiger partial charge in [-0.25, -0.2) is 0 Å². The van der Waals surface area contributed by atoms with Gasteiger partial charge >= 0.3 is 162 Å². The van der Waals surface area contributed by atoms with E-state index < -0.39 is 6.19 Å². The fourth-order valence-corrected chi connectivity index (χ4v) is 5.36. The van der Waals surface area contributed by atoms with Gasteiger partial charge in [0.05, 0.1) is 0 Å². The average molecular weight is 431 g/mol. The minimum atomic E-state index is -2.84. The molecule has 0 radical (unpaired) electrons. The van der Waals surface area contributed by atoms with E-state index in [9.17, 15) is 0 Å². The second-order valence-corrected chi connectivity index (χ2v) is 10.3. The molecule has 0 saturated carbocycles. The summed E-state index contributed by atoms with van der Waals surface area (Å²) in [5, 5.41) is 0. The molecule has 0 fully saturated rings. The molecule has 0 atom stereocenters. The van der Waals surface area contributed by atoms with Crippen molar-refractivity contribution in [3.63, 3.8) is 0 Å². The van der Waals surface area contributed by atoms with E-state index in [1.807, 2.05) is 93.6 Å². The number of benzene rings is 3. The van der Waals surface area contributed by atoms with E-state index >= 15 is 0 Å². The van der Waals surface area contributed by atoms with Gasteiger partial charge in [-0.3, -0.25) is 0 Å². The molecule has 0 heterocycles. The molecule has 0 aromatic heterocycles. The molecule has 0 bridgehead atoms. The summed E-state index contributed by atoms with van der Waals surface area (Å²) in [6.07, 6.45) is -2.84. The SMILES string of the molecule is Cc1ccccc1OP(=[Se])(Oc1ccccc1C)Oc1ccccc1C. The van der Waals surface area contributed by atoms with Crippen LogP contribution in [0.4, 0.5) is 0 Å². The third-order valence-corrected chi connectivity index (χ3v) is 6.58. The van der Waals surface area contributed by atoms with Crippen LogP contribution < -0.4 is 13.6 Å². The molecule has 0 aliphatic rings. The zero-order valence-electron chi connectivity index (χ0n) is 15.0. The normalized spacial score (nSPS) is 11.0. The molecule has 0 spiro atoms. The predicted octanol–water partition coefficient (Wildman–Crippen LogP) is 5.99. The summed E-state index contributed by atoms with van der Waals surface area (Å²) in [4.78, 5) is 0. The third-order valence-electron chi connectivity index (χ3n) is 3.91. The number of aryl methyl sites for hydroxylation is 3. The van der Waals surface area contributed by atoms with Gasteiger partial charge in [-0.1, -0.05) is 0 Å². The first-order valence-corrected chi connectivity index (χ1v) is 12.1. The van der Waals surface area contributed by atoms with E-state index in [0.717, 1.165) is 33.9 Å². The van der Waals surface area contributed by atoms with E-state index in [1.54, 1.807) is 0 Å². The van der Waals surface area contributed by atoms with Crippen molar-refractivity contribution in [3.8, 4) is 17.2 Å². The van der Waals surface area contributed by atoms with Crippen molar-refractivity contribution in [3.05, 3.63) is 89.5 Å². The number of hydrogen-bond acceptors (Lipinski definition) is 3. The van der Waals surface area contributed by atoms with Crippen LogP contribution in [-0.4, -0.2) is 15.1 Å². The second-order valence-electron chi connectivity index (χ2n) is 6.02. The van der Waals surface area contributed by atoms with Gasteiger partial charge in [0.25, 0.3) is 0 Å². The molecule has 26 heavy (non-hydrogen) atoms. The maximum atomic E-state index is 6.26. The average Bonchev–Trinajstić information content (AvgIpc) is 2.61. The monoisotopic (exact) mass is 432 g/mol. The van der Waals surface area contributed by atoms with E-state index in [0.29, 0.717) is 0 Å². The molecule has 5 heteroatoms. The van der Waals surface area contributed by atoms with Crippen molar-refractivity contribution >= 4 is 21.3 Å². The Labute approximate surface area is 162 Å². The molecule has 3 nitrogen and oxygen atoms in total. The predicted molar refractivity (Wildman–Crippen MR) is 108 cm³/mol. The molecule has 0 amide bonds. The molecule has 0 unspecified atom stereocenters. The fourth-order valence-electron chi connectivity index (χ4n) is 2.39. The first kappa shape index (κ1) is 18.8. The molecule has 3 aromatic carbocycles. The molecular formula is C21H21O3PSe. The first-order chi connectivity index (χ1) is 12.5. The third kappa shape index (κ3) is 4.59. The fraction of sp³-hybridized carbons (Fsp3) is 0.143. The van der Waals surface area contributed by atoms with Crippen LogP contribution in [0, 0.1) is 20.8 Å². The summed E-state index contributed by atoms with van der Waals surface area (Å²) in [5.41, 5.74) is 3.07. The van der Waals surface area contributed by atoms with Crippen LogP contribution in [0.5, 0.6) is 17.2 Å². The van der Waals surface area contributed by atoms with Gasteiger partial charge in [-0.2, -0.15) is 0 Å². The summed E-state index contributed by atoms with van der Waals surface area (Å²) in [5.74, 6) is 2.21. The number of hydrogen-bond donors (Lipinski definition) is 0. The Kier molecular flexibility index (Phi) is 5.88. The molecule has 3 aromatic rings. The zero-order valence-corrected chi connectivity index (χ0v) is 17.6. The van der Waals surface area contributed by atoms with Crippen LogP contribution in [0.15, 0.2) is 72.8 Å². The molecule has 134 valence electrons. The van der Waals surface area contributed by atoms with E-state index in [-0.39, 0.29) is 0 Å². The molecule has 0 aliphatic carbocycles. The summed E-state index contributed by atoms with van der Waals surface area (Å²) < 4.78 is 18.8. The van der Waals surface area contributed by atoms with Crippen LogP contribution in [0.3, 0.4) is 0 Å². The Bertz CT molecular complexity index is 833. The molecule has 0 saturated heterocycles. The second kappa shape index (κ2) is 8.14. The first-order valence-electron chi connectivity index (χ1n) is 8.32. The van der Waals surface area contributed by atoms with Crippen molar-refractivity contribution in [2.24, 2.45) is 0 Å². The molecule has 0 aliphatic heterocycles. The van der Waals surface area contributed by atoms with Crippen molar-refractivity contribution in [1.29, 1.82) is 0 Å². The van der Waals surface area contributed by atoms with Crippen molar-refractivity contribution in [2.45, 2.75) is 20.8 Å². The summed E-state index contributed by atoms with van der Waals surface area (Å²) in [7, 11) is 0. The minimum absolute atomic E-state index is 0.738. The van der Waals surface area contributed by atoms with Crippen LogP contribution in [0.1, 0.15) is 16.7 Å². The van der Waals surface area contributed by atoms with Gasteiger partial charge in [-0.15, -0.1) is 0 Å². The maximum absolute atomic E-state index is 6.26. The molecular weight excluding hydrogens is 410 g/mol. The van der Waals surface area contributed by atoms with E-state index in [2.05, 4.69) is 15.1 Å². The number of para-hydroxylation sites is 3. The van der Waals surface area contributed by atoms with Gasteiger partial charge in [0, 0.05) is 0 Å². The number of rotatable bonds is 6. The Morgan fingerprint density at radius 3 is 1.08 bits per heavy atom. The van der Waals surface area contributed by atoms with Gasteiger partial charge in [0.1, 0.15) is 0 Å². The topological polar surface area (TPSA) is 27.7 Å². The quantitative estimate of drug-likeness (QED) is 0.354. The molecule has 0 N–H and O–H groups in total. The van der Waals surface area contributed by atoms with Gasteiger partial charge < -0.3 is 0 Å². The van der Waals surface area contributed by atoms with Gasteiger partial charge in [0.15, 0.2) is 0 Å². The summed E-state index contributed by atoms with van der Waals surface area (Å²) in [6, 6.07) is 23.5. The van der Waals surface area contributed by atoms with Crippen LogP contribution >= 0.6 is 6.19 Å². The standard InChI is InChI=1S/C21H21O3PSe/c1-16-10-4-7-13-19(16)22-25(26,23-20-14-8-5-11-17(20)2)24-21-15-9-6-12-18(21)3/h4-15H,1-3H3. The van der Waals surface area contributed by atoms with Crippen LogP contribution in [0.25, 0.3) is 0 Å². The Hall–Kier alpha value is -1.99. The van der Waals surface area contributed by atoms with Crippen molar-refractivity contribution < 1.29 is 13.6 Å². The summed E-state index contributed by atoms with van der Waals surface area (Å²) >= 11 is 3.06. The summed E-state index contributed by atoms with van der Waals surface area (Å²) in [6.45, 7) is 6.00.